The molecule has 1 aliphatic heterocycles. The maximum atomic E-state index is 12.3. The normalized spacial score (nSPS) is 15.7. The zero-order valence-corrected chi connectivity index (χ0v) is 22.5. The number of benzene rings is 1. The predicted octanol–water partition coefficient (Wildman–Crippen LogP) is 5.70. The molecule has 0 saturated carbocycles. The van der Waals surface area contributed by atoms with Gasteiger partial charge in [-0.3, -0.25) is 9.97 Å². The van der Waals surface area contributed by atoms with Crippen molar-refractivity contribution < 1.29 is 14.3 Å². The van der Waals surface area contributed by atoms with Crippen LogP contribution < -0.4 is 4.74 Å². The van der Waals surface area contributed by atoms with Crippen molar-refractivity contribution >= 4 is 22.6 Å². The number of nitrogens with zero attached hydrogens (tertiary/aromatic N) is 6. The van der Waals surface area contributed by atoms with Gasteiger partial charge in [0.25, 0.3) is 0 Å². The van der Waals surface area contributed by atoms with E-state index in [2.05, 4.69) is 27.2 Å². The van der Waals surface area contributed by atoms with E-state index in [9.17, 15) is 4.79 Å². The van der Waals surface area contributed by atoms with Gasteiger partial charge in [-0.25, -0.2) is 14.3 Å². The minimum atomic E-state index is -0.516. The van der Waals surface area contributed by atoms with Crippen LogP contribution in [0.5, 0.6) is 5.75 Å². The number of ether oxygens (including phenoxy) is 2. The molecule has 6 rings (SSSR count). The second kappa shape index (κ2) is 9.65. The van der Waals surface area contributed by atoms with Gasteiger partial charge in [-0.2, -0.15) is 5.10 Å². The number of fused-ring (bicyclic) bond motifs is 2. The van der Waals surface area contributed by atoms with Crippen LogP contribution in [-0.2, 0) is 4.74 Å². The summed E-state index contributed by atoms with van der Waals surface area (Å²) in [6.45, 7) is 8.69. The lowest BCUT2D eigenvalue weighted by atomic mass is 10.0. The molecule has 9 heteroatoms. The van der Waals surface area contributed by atoms with Crippen LogP contribution in [-0.4, -0.2) is 60.4 Å². The van der Waals surface area contributed by atoms with E-state index in [0.717, 1.165) is 51.0 Å². The third-order valence-corrected chi connectivity index (χ3v) is 6.65. The first-order valence-corrected chi connectivity index (χ1v) is 13.0. The van der Waals surface area contributed by atoms with Gasteiger partial charge in [-0.15, -0.1) is 0 Å². The quantitative estimate of drug-likeness (QED) is 0.299. The number of amides is 1. The second-order valence-corrected chi connectivity index (χ2v) is 10.8. The summed E-state index contributed by atoms with van der Waals surface area (Å²) in [5.74, 6) is 0.657. The number of carbonyl (C=O) groups excluding carboxylic acids is 1. The SMILES string of the molecule is Cc1ccc2c(-c3cnn4cc(-c5ccc(O[C@H]6CCN(C(=O)OC(C)(C)C)C6)cn5)cnc34)cccc2n1. The average molecular weight is 523 g/mol. The number of aromatic nitrogens is 5. The topological polar surface area (TPSA) is 94.7 Å². The minimum absolute atomic E-state index is 0.0983. The van der Waals surface area contributed by atoms with E-state index in [4.69, 9.17) is 14.5 Å². The summed E-state index contributed by atoms with van der Waals surface area (Å²) in [6, 6.07) is 14.0. The van der Waals surface area contributed by atoms with Crippen molar-refractivity contribution in [2.75, 3.05) is 13.1 Å². The van der Waals surface area contributed by atoms with Crippen molar-refractivity contribution in [3.05, 3.63) is 72.9 Å². The van der Waals surface area contributed by atoms with E-state index in [-0.39, 0.29) is 12.2 Å². The molecule has 0 aliphatic carbocycles. The first-order chi connectivity index (χ1) is 18.7. The van der Waals surface area contributed by atoms with Gasteiger partial charge in [0.05, 0.1) is 30.1 Å². The van der Waals surface area contributed by atoms with Gasteiger partial charge in [0.2, 0.25) is 0 Å². The molecule has 1 aromatic carbocycles. The highest BCUT2D eigenvalue weighted by Crippen LogP contribution is 2.31. The Kier molecular flexibility index (Phi) is 6.13. The highest BCUT2D eigenvalue weighted by Gasteiger charge is 2.31. The third-order valence-electron chi connectivity index (χ3n) is 6.65. The molecule has 5 aromatic rings. The molecule has 0 unspecified atom stereocenters. The molecular weight excluding hydrogens is 492 g/mol. The average Bonchev–Trinajstić information content (AvgIpc) is 3.54. The van der Waals surface area contributed by atoms with Gasteiger partial charge in [0.1, 0.15) is 17.5 Å². The van der Waals surface area contributed by atoms with Gasteiger partial charge in [-0.05, 0) is 57.5 Å². The fraction of sp³-hybridized carbons (Fsp3) is 0.300. The molecule has 0 spiro atoms. The molecule has 1 amide bonds. The van der Waals surface area contributed by atoms with Crippen molar-refractivity contribution in [3.63, 3.8) is 0 Å². The molecule has 0 N–H and O–H groups in total. The molecule has 9 nitrogen and oxygen atoms in total. The molecule has 39 heavy (non-hydrogen) atoms. The maximum absolute atomic E-state index is 12.3. The Labute approximate surface area is 226 Å². The van der Waals surface area contributed by atoms with Crippen molar-refractivity contribution in [2.24, 2.45) is 0 Å². The van der Waals surface area contributed by atoms with Crippen molar-refractivity contribution in [3.8, 4) is 28.1 Å². The van der Waals surface area contributed by atoms with Gasteiger partial charge < -0.3 is 14.4 Å². The number of aryl methyl sites for hydroxylation is 1. The Balaban J connectivity index is 1.17. The van der Waals surface area contributed by atoms with Crippen LogP contribution in [0.2, 0.25) is 0 Å². The first-order valence-electron chi connectivity index (χ1n) is 13.0. The van der Waals surface area contributed by atoms with Crippen LogP contribution in [0.25, 0.3) is 38.9 Å². The fourth-order valence-corrected chi connectivity index (χ4v) is 4.82. The van der Waals surface area contributed by atoms with E-state index in [1.54, 1.807) is 15.6 Å². The Hall–Kier alpha value is -4.53. The molecule has 198 valence electrons. The molecule has 5 heterocycles. The molecule has 1 atom stereocenters. The third kappa shape index (κ3) is 5.12. The van der Waals surface area contributed by atoms with Crippen LogP contribution in [0.15, 0.2) is 67.3 Å². The van der Waals surface area contributed by atoms with E-state index in [1.165, 1.54) is 0 Å². The Bertz CT molecular complexity index is 1670. The Morgan fingerprint density at radius 2 is 1.87 bits per heavy atom. The van der Waals surface area contributed by atoms with E-state index < -0.39 is 5.60 Å². The number of carbonyl (C=O) groups is 1. The van der Waals surface area contributed by atoms with Gasteiger partial charge in [0, 0.05) is 47.6 Å². The van der Waals surface area contributed by atoms with E-state index in [0.29, 0.717) is 18.8 Å². The molecule has 1 saturated heterocycles. The smallest absolute Gasteiger partial charge is 0.410 e. The van der Waals surface area contributed by atoms with Crippen molar-refractivity contribution in [1.82, 2.24) is 29.5 Å². The predicted molar refractivity (Wildman–Crippen MR) is 149 cm³/mol. The van der Waals surface area contributed by atoms with Crippen LogP contribution in [0, 0.1) is 6.92 Å². The number of hydrogen-bond acceptors (Lipinski definition) is 7. The molecule has 0 bridgehead atoms. The van der Waals surface area contributed by atoms with E-state index in [1.807, 2.05) is 76.6 Å². The summed E-state index contributed by atoms with van der Waals surface area (Å²) in [5, 5.41) is 5.64. The second-order valence-electron chi connectivity index (χ2n) is 10.8. The molecular formula is C30H30N6O3. The fourth-order valence-electron chi connectivity index (χ4n) is 4.82. The number of pyridine rings is 2. The zero-order valence-electron chi connectivity index (χ0n) is 22.5. The van der Waals surface area contributed by atoms with Crippen LogP contribution in [0.1, 0.15) is 32.9 Å². The van der Waals surface area contributed by atoms with Crippen LogP contribution in [0.4, 0.5) is 4.79 Å². The highest BCUT2D eigenvalue weighted by molar-refractivity contribution is 5.98. The zero-order chi connectivity index (χ0) is 27.1. The monoisotopic (exact) mass is 522 g/mol. The molecule has 1 fully saturated rings. The number of likely N-dealkylation sites (tertiary alicyclic amines) is 1. The number of hydrogen-bond donors (Lipinski definition) is 0. The summed E-state index contributed by atoms with van der Waals surface area (Å²) in [6.07, 6.45) is 7.63. The minimum Gasteiger partial charge on any atom is -0.487 e. The first kappa shape index (κ1) is 24.8. The molecule has 0 radical (unpaired) electrons. The lowest BCUT2D eigenvalue weighted by molar-refractivity contribution is 0.0275. The largest absolute Gasteiger partial charge is 0.487 e. The molecule has 4 aromatic heterocycles. The highest BCUT2D eigenvalue weighted by atomic mass is 16.6. The van der Waals surface area contributed by atoms with Crippen molar-refractivity contribution in [2.45, 2.75) is 45.8 Å². The maximum Gasteiger partial charge on any atom is 0.410 e. The summed E-state index contributed by atoms with van der Waals surface area (Å²) < 4.78 is 13.3. The lowest BCUT2D eigenvalue weighted by Gasteiger charge is -2.24. The summed E-state index contributed by atoms with van der Waals surface area (Å²) >= 11 is 0. The van der Waals surface area contributed by atoms with Crippen LogP contribution in [0.3, 0.4) is 0 Å². The molecule has 1 aliphatic rings. The number of rotatable bonds is 4. The van der Waals surface area contributed by atoms with Gasteiger partial charge >= 0.3 is 6.09 Å². The summed E-state index contributed by atoms with van der Waals surface area (Å²) in [5.41, 5.74) is 5.79. The van der Waals surface area contributed by atoms with Gasteiger partial charge in [0.15, 0.2) is 5.65 Å². The van der Waals surface area contributed by atoms with E-state index >= 15 is 0 Å². The Morgan fingerprint density at radius 1 is 1.00 bits per heavy atom. The Morgan fingerprint density at radius 3 is 2.67 bits per heavy atom. The summed E-state index contributed by atoms with van der Waals surface area (Å²) in [7, 11) is 0. The van der Waals surface area contributed by atoms with Gasteiger partial charge in [-0.1, -0.05) is 18.2 Å². The lowest BCUT2D eigenvalue weighted by Crippen LogP contribution is -2.36. The summed E-state index contributed by atoms with van der Waals surface area (Å²) in [4.78, 5) is 28.0. The van der Waals surface area contributed by atoms with Crippen molar-refractivity contribution in [1.29, 1.82) is 0 Å². The van der Waals surface area contributed by atoms with Crippen LogP contribution >= 0.6 is 0 Å². The standard InChI is InChI=1S/C30H30N6O3/c1-19-8-10-24-23(6-5-7-27(24)34-19)25-16-33-36-17-20(14-32-28(25)36)26-11-9-21(15-31-26)38-22-12-13-35(18-22)29(37)39-30(2,3)4/h5-11,14-17,22H,12-13,18H2,1-4H3/t22-/m0/s1.